The van der Waals surface area contributed by atoms with Crippen molar-refractivity contribution in [2.75, 3.05) is 22.9 Å². The van der Waals surface area contributed by atoms with Gasteiger partial charge in [-0.05, 0) is 6.92 Å². The summed E-state index contributed by atoms with van der Waals surface area (Å²) in [6, 6.07) is 0. The minimum Gasteiger partial charge on any atom is -0.397 e. The lowest BCUT2D eigenvalue weighted by Crippen LogP contribution is -2.06. The van der Waals surface area contributed by atoms with Crippen molar-refractivity contribution in [2.24, 2.45) is 5.11 Å². The van der Waals surface area contributed by atoms with Gasteiger partial charge in [0.05, 0.1) is 22.7 Å². The molecular formula is C7H12N6. The maximum Gasteiger partial charge on any atom is 0.115 e. The summed E-state index contributed by atoms with van der Waals surface area (Å²) in [6.45, 7) is 1.69. The number of benzene rings is 1. The lowest BCUT2D eigenvalue weighted by molar-refractivity contribution is 1.14. The van der Waals surface area contributed by atoms with E-state index in [2.05, 4.69) is 5.11 Å². The molecule has 0 atom stereocenters. The van der Waals surface area contributed by atoms with Crippen LogP contribution in [0.15, 0.2) is 5.11 Å². The van der Waals surface area contributed by atoms with Crippen molar-refractivity contribution in [1.29, 1.82) is 5.53 Å². The molecule has 1 aromatic rings. The van der Waals surface area contributed by atoms with E-state index in [4.69, 9.17) is 28.5 Å². The number of hydrogen-bond donors (Lipinski definition) is 5. The number of rotatable bonds is 1. The quantitative estimate of drug-likeness (QED) is 0.324. The van der Waals surface area contributed by atoms with Crippen LogP contribution in [-0.2, 0) is 0 Å². The van der Waals surface area contributed by atoms with E-state index in [1.165, 1.54) is 0 Å². The van der Waals surface area contributed by atoms with E-state index in [0.29, 0.717) is 11.3 Å². The average Bonchev–Trinajstić information content (AvgIpc) is 2.13. The third-order valence-corrected chi connectivity index (χ3v) is 2.00. The Morgan fingerprint density at radius 3 is 1.85 bits per heavy atom. The Morgan fingerprint density at radius 1 is 0.923 bits per heavy atom. The van der Waals surface area contributed by atoms with E-state index in [-0.39, 0.29) is 22.7 Å². The first kappa shape index (κ1) is 9.11. The highest BCUT2D eigenvalue weighted by atomic mass is 15.0. The molecular weight excluding hydrogens is 168 g/mol. The molecule has 0 heterocycles. The molecule has 0 saturated carbocycles. The van der Waals surface area contributed by atoms with Crippen LogP contribution in [0.2, 0.25) is 0 Å². The van der Waals surface area contributed by atoms with Gasteiger partial charge in [-0.15, -0.1) is 0 Å². The third kappa shape index (κ3) is 1.12. The Bertz CT molecular complexity index is 341. The second kappa shape index (κ2) is 2.81. The standard InChI is InChI=1S/C7H12N6/c1-2-3(8)4(9)5(10)6(11)7(2)13-12/h12H,8-11H2,1H3. The van der Waals surface area contributed by atoms with Crippen molar-refractivity contribution in [2.45, 2.75) is 6.92 Å². The molecule has 1 rings (SSSR count). The molecule has 1 aromatic carbocycles. The Kier molecular flexibility index (Phi) is 1.97. The van der Waals surface area contributed by atoms with Crippen LogP contribution in [0.25, 0.3) is 0 Å². The maximum absolute atomic E-state index is 6.88. The average molecular weight is 180 g/mol. The molecule has 0 amide bonds. The highest BCUT2D eigenvalue weighted by Gasteiger charge is 2.14. The highest BCUT2D eigenvalue weighted by molar-refractivity contribution is 5.95. The lowest BCUT2D eigenvalue weighted by atomic mass is 10.1. The molecule has 0 saturated heterocycles. The summed E-state index contributed by atoms with van der Waals surface area (Å²) in [5, 5.41) is 3.24. The van der Waals surface area contributed by atoms with E-state index >= 15 is 0 Å². The Labute approximate surface area is 75.4 Å². The van der Waals surface area contributed by atoms with Gasteiger partial charge >= 0.3 is 0 Å². The van der Waals surface area contributed by atoms with Gasteiger partial charge in [0.25, 0.3) is 0 Å². The number of hydrogen-bond acceptors (Lipinski definition) is 6. The summed E-state index contributed by atoms with van der Waals surface area (Å²) < 4.78 is 0. The molecule has 6 nitrogen and oxygen atoms in total. The summed E-state index contributed by atoms with van der Waals surface area (Å²) in [4.78, 5) is 0. The largest absolute Gasteiger partial charge is 0.397 e. The zero-order chi connectivity index (χ0) is 10.2. The van der Waals surface area contributed by atoms with E-state index in [1.807, 2.05) is 0 Å². The van der Waals surface area contributed by atoms with Gasteiger partial charge in [0, 0.05) is 5.56 Å². The Balaban J connectivity index is 3.66. The number of nitrogen functional groups attached to an aromatic ring is 4. The first-order chi connectivity index (χ1) is 6.00. The summed E-state index contributed by atoms with van der Waals surface area (Å²) in [5.41, 5.74) is 31.1. The maximum atomic E-state index is 6.88. The monoisotopic (exact) mass is 180 g/mol. The second-order valence-corrected chi connectivity index (χ2v) is 2.74. The van der Waals surface area contributed by atoms with Gasteiger partial charge in [0.1, 0.15) is 5.69 Å². The number of nitrogens with one attached hydrogen (secondary N) is 1. The SMILES string of the molecule is Cc1c(N)c(N)c(N)c(N)c1N=N. The molecule has 0 aliphatic rings. The molecule has 0 spiro atoms. The zero-order valence-electron chi connectivity index (χ0n) is 7.26. The van der Waals surface area contributed by atoms with Crippen LogP contribution >= 0.6 is 0 Å². The van der Waals surface area contributed by atoms with Gasteiger partial charge in [-0.1, -0.05) is 0 Å². The van der Waals surface area contributed by atoms with E-state index in [9.17, 15) is 0 Å². The van der Waals surface area contributed by atoms with Gasteiger partial charge in [0.15, 0.2) is 0 Å². The molecule has 0 aromatic heterocycles. The first-order valence-corrected chi connectivity index (χ1v) is 3.60. The minimum atomic E-state index is 0.189. The fourth-order valence-corrected chi connectivity index (χ4v) is 1.09. The summed E-state index contributed by atoms with van der Waals surface area (Å²) >= 11 is 0. The fourth-order valence-electron chi connectivity index (χ4n) is 1.09. The van der Waals surface area contributed by atoms with Crippen molar-refractivity contribution >= 4 is 28.4 Å². The lowest BCUT2D eigenvalue weighted by Gasteiger charge is -2.12. The van der Waals surface area contributed by atoms with Crippen molar-refractivity contribution in [1.82, 2.24) is 0 Å². The highest BCUT2D eigenvalue weighted by Crippen LogP contribution is 2.40. The zero-order valence-corrected chi connectivity index (χ0v) is 7.26. The van der Waals surface area contributed by atoms with E-state index in [0.717, 1.165) is 0 Å². The van der Waals surface area contributed by atoms with Crippen LogP contribution in [0.3, 0.4) is 0 Å². The predicted octanol–water partition coefficient (Wildman–Crippen LogP) is 0.986. The third-order valence-electron chi connectivity index (χ3n) is 2.00. The number of anilines is 4. The smallest absolute Gasteiger partial charge is 0.115 e. The molecule has 0 fully saturated rings. The van der Waals surface area contributed by atoms with Crippen molar-refractivity contribution in [3.63, 3.8) is 0 Å². The van der Waals surface area contributed by atoms with Gasteiger partial charge in [-0.2, -0.15) is 5.11 Å². The van der Waals surface area contributed by atoms with Crippen LogP contribution < -0.4 is 22.9 Å². The normalized spacial score (nSPS) is 9.92. The van der Waals surface area contributed by atoms with Crippen LogP contribution in [0.1, 0.15) is 5.56 Å². The summed E-state index contributed by atoms with van der Waals surface area (Å²) in [5.74, 6) is 0. The Hall–Kier alpha value is -1.98. The molecule has 0 bridgehead atoms. The van der Waals surface area contributed by atoms with Crippen molar-refractivity contribution in [3.05, 3.63) is 5.56 Å². The van der Waals surface area contributed by atoms with Crippen LogP contribution in [0.5, 0.6) is 0 Å². The predicted molar refractivity (Wildman–Crippen MR) is 53.6 cm³/mol. The van der Waals surface area contributed by atoms with E-state index in [1.54, 1.807) is 6.92 Å². The topological polar surface area (TPSA) is 140 Å². The minimum absolute atomic E-state index is 0.189. The van der Waals surface area contributed by atoms with Gasteiger partial charge in [-0.25, -0.2) is 5.53 Å². The van der Waals surface area contributed by atoms with E-state index < -0.39 is 0 Å². The fraction of sp³-hybridized carbons (Fsp3) is 0.143. The number of nitrogens with zero attached hydrogens (tertiary/aromatic N) is 1. The second-order valence-electron chi connectivity index (χ2n) is 2.74. The molecule has 0 aliphatic carbocycles. The van der Waals surface area contributed by atoms with Crippen molar-refractivity contribution in [3.8, 4) is 0 Å². The number of nitrogens with two attached hydrogens (primary N) is 4. The van der Waals surface area contributed by atoms with Crippen molar-refractivity contribution < 1.29 is 0 Å². The van der Waals surface area contributed by atoms with Gasteiger partial charge < -0.3 is 22.9 Å². The van der Waals surface area contributed by atoms with Gasteiger partial charge in [0.2, 0.25) is 0 Å². The summed E-state index contributed by atoms with van der Waals surface area (Å²) in [7, 11) is 0. The molecule has 0 aliphatic heterocycles. The molecule has 70 valence electrons. The van der Waals surface area contributed by atoms with Crippen LogP contribution in [0.4, 0.5) is 28.4 Å². The van der Waals surface area contributed by atoms with Gasteiger partial charge in [-0.3, -0.25) is 0 Å². The molecule has 0 unspecified atom stereocenters. The summed E-state index contributed by atoms with van der Waals surface area (Å²) in [6.07, 6.45) is 0. The van der Waals surface area contributed by atoms with Crippen LogP contribution in [-0.4, -0.2) is 0 Å². The molecule has 9 N–H and O–H groups in total. The molecule has 13 heavy (non-hydrogen) atoms. The molecule has 6 heteroatoms. The van der Waals surface area contributed by atoms with Crippen LogP contribution in [0, 0.1) is 12.5 Å². The Morgan fingerprint density at radius 2 is 1.38 bits per heavy atom. The first-order valence-electron chi connectivity index (χ1n) is 3.60. The molecule has 0 radical (unpaired) electrons.